The van der Waals surface area contributed by atoms with Gasteiger partial charge in [0.15, 0.2) is 10.9 Å². The summed E-state index contributed by atoms with van der Waals surface area (Å²) >= 11 is 1.52. The fourth-order valence-corrected chi connectivity index (χ4v) is 4.06. The standard InChI is InChI=1S/C20H25N3O2S/c1-15-7-5-6-12-23(15)14-17-13-21-20(26-17)22-19(25)11-10-18(24)16-8-3-2-4-9-16/h2-4,8-9,13,15H,5-7,10-12,14H2,1H3,(H,21,22,25). The van der Waals surface area contributed by atoms with Gasteiger partial charge in [-0.05, 0) is 26.3 Å². The summed E-state index contributed by atoms with van der Waals surface area (Å²) in [6.07, 6.45) is 6.03. The number of piperidine rings is 1. The molecule has 26 heavy (non-hydrogen) atoms. The van der Waals surface area contributed by atoms with Gasteiger partial charge in [0.25, 0.3) is 0 Å². The third-order valence-corrected chi connectivity index (χ3v) is 5.67. The molecule has 1 atom stereocenters. The molecule has 1 aliphatic heterocycles. The lowest BCUT2D eigenvalue weighted by Crippen LogP contribution is -2.36. The molecule has 2 heterocycles. The molecule has 138 valence electrons. The molecule has 1 unspecified atom stereocenters. The van der Waals surface area contributed by atoms with Crippen molar-refractivity contribution in [2.45, 2.75) is 51.6 Å². The van der Waals surface area contributed by atoms with Crippen LogP contribution in [0.4, 0.5) is 5.13 Å². The highest BCUT2D eigenvalue weighted by Crippen LogP contribution is 2.24. The number of rotatable bonds is 7. The number of anilines is 1. The maximum Gasteiger partial charge on any atom is 0.226 e. The van der Waals surface area contributed by atoms with Crippen molar-refractivity contribution in [2.24, 2.45) is 0 Å². The Morgan fingerprint density at radius 3 is 2.81 bits per heavy atom. The minimum atomic E-state index is -0.165. The lowest BCUT2D eigenvalue weighted by Gasteiger charge is -2.32. The van der Waals surface area contributed by atoms with Crippen molar-refractivity contribution in [3.63, 3.8) is 0 Å². The molecule has 0 radical (unpaired) electrons. The highest BCUT2D eigenvalue weighted by atomic mass is 32.1. The molecule has 0 aliphatic carbocycles. The van der Waals surface area contributed by atoms with Crippen molar-refractivity contribution in [3.8, 4) is 0 Å². The SMILES string of the molecule is CC1CCCCN1Cc1cnc(NC(=O)CCC(=O)c2ccccc2)s1. The van der Waals surface area contributed by atoms with Gasteiger partial charge in [-0.15, -0.1) is 11.3 Å². The third-order valence-electron chi connectivity index (χ3n) is 4.77. The fourth-order valence-electron chi connectivity index (χ4n) is 3.21. The molecule has 6 heteroatoms. The van der Waals surface area contributed by atoms with Crippen molar-refractivity contribution >= 4 is 28.2 Å². The van der Waals surface area contributed by atoms with Gasteiger partial charge in [0.05, 0.1) is 0 Å². The summed E-state index contributed by atoms with van der Waals surface area (Å²) in [4.78, 5) is 32.1. The molecule has 0 saturated carbocycles. The summed E-state index contributed by atoms with van der Waals surface area (Å²) in [5.41, 5.74) is 0.646. The zero-order chi connectivity index (χ0) is 18.4. The van der Waals surface area contributed by atoms with E-state index in [9.17, 15) is 9.59 Å². The van der Waals surface area contributed by atoms with E-state index in [0.29, 0.717) is 16.7 Å². The highest BCUT2D eigenvalue weighted by Gasteiger charge is 2.19. The molecule has 0 spiro atoms. The van der Waals surface area contributed by atoms with E-state index in [2.05, 4.69) is 22.1 Å². The maximum atomic E-state index is 12.1. The number of aromatic nitrogens is 1. The number of thiazole rings is 1. The van der Waals surface area contributed by atoms with Crippen molar-refractivity contribution in [3.05, 3.63) is 47.0 Å². The Bertz CT molecular complexity index is 745. The van der Waals surface area contributed by atoms with E-state index in [-0.39, 0.29) is 24.5 Å². The summed E-state index contributed by atoms with van der Waals surface area (Å²) in [5, 5.41) is 3.43. The van der Waals surface area contributed by atoms with Gasteiger partial charge in [0, 0.05) is 42.1 Å². The van der Waals surface area contributed by atoms with Crippen LogP contribution in [0, 0.1) is 0 Å². The number of ketones is 1. The Morgan fingerprint density at radius 2 is 2.04 bits per heavy atom. The van der Waals surface area contributed by atoms with Crippen LogP contribution in [0.2, 0.25) is 0 Å². The van der Waals surface area contributed by atoms with Gasteiger partial charge < -0.3 is 5.32 Å². The van der Waals surface area contributed by atoms with Crippen molar-refractivity contribution in [2.75, 3.05) is 11.9 Å². The molecule has 2 aromatic rings. The topological polar surface area (TPSA) is 62.3 Å². The third kappa shape index (κ3) is 5.22. The first-order valence-corrected chi connectivity index (χ1v) is 10.0. The number of nitrogens with zero attached hydrogens (tertiary/aromatic N) is 2. The van der Waals surface area contributed by atoms with E-state index >= 15 is 0 Å². The normalized spacial score (nSPS) is 17.8. The number of Topliss-reactive ketones (excluding diaryl/α,β-unsaturated/α-hetero) is 1. The van der Waals surface area contributed by atoms with E-state index in [0.717, 1.165) is 18.0 Å². The summed E-state index contributed by atoms with van der Waals surface area (Å²) in [6.45, 7) is 4.29. The van der Waals surface area contributed by atoms with Crippen LogP contribution in [-0.4, -0.2) is 34.2 Å². The molecule has 1 N–H and O–H groups in total. The Labute approximate surface area is 158 Å². The predicted octanol–water partition coefficient (Wildman–Crippen LogP) is 4.12. The average molecular weight is 372 g/mol. The number of hydrogen-bond acceptors (Lipinski definition) is 5. The van der Waals surface area contributed by atoms with Crippen LogP contribution in [0.5, 0.6) is 0 Å². The summed E-state index contributed by atoms with van der Waals surface area (Å²) in [5.74, 6) is -0.179. The van der Waals surface area contributed by atoms with Crippen LogP contribution in [-0.2, 0) is 11.3 Å². The van der Waals surface area contributed by atoms with Crippen molar-refractivity contribution in [1.29, 1.82) is 0 Å². The molecule has 1 aromatic heterocycles. The summed E-state index contributed by atoms with van der Waals surface area (Å²) in [7, 11) is 0. The zero-order valence-electron chi connectivity index (χ0n) is 15.1. The predicted molar refractivity (Wildman–Crippen MR) is 104 cm³/mol. The van der Waals surface area contributed by atoms with Crippen molar-refractivity contribution in [1.82, 2.24) is 9.88 Å². The quantitative estimate of drug-likeness (QED) is 0.744. The first-order valence-electron chi connectivity index (χ1n) is 9.18. The number of carbonyl (C=O) groups is 2. The smallest absolute Gasteiger partial charge is 0.226 e. The first kappa shape index (κ1) is 18.7. The van der Waals surface area contributed by atoms with E-state index < -0.39 is 0 Å². The van der Waals surface area contributed by atoms with Gasteiger partial charge in [0.1, 0.15) is 0 Å². The number of carbonyl (C=O) groups excluding carboxylic acids is 2. The van der Waals surface area contributed by atoms with Crippen LogP contribution < -0.4 is 5.32 Å². The minimum Gasteiger partial charge on any atom is -0.302 e. The number of benzene rings is 1. The highest BCUT2D eigenvalue weighted by molar-refractivity contribution is 7.15. The second-order valence-electron chi connectivity index (χ2n) is 6.78. The molecule has 1 aromatic carbocycles. The molecule has 1 fully saturated rings. The second-order valence-corrected chi connectivity index (χ2v) is 7.90. The number of likely N-dealkylation sites (tertiary alicyclic amines) is 1. The van der Waals surface area contributed by atoms with Crippen LogP contribution in [0.1, 0.15) is 54.3 Å². The van der Waals surface area contributed by atoms with E-state index in [1.165, 1.54) is 30.6 Å². The monoisotopic (exact) mass is 371 g/mol. The molecule has 1 amide bonds. The molecule has 3 rings (SSSR count). The summed E-state index contributed by atoms with van der Waals surface area (Å²) < 4.78 is 0. The minimum absolute atomic E-state index is 0.0142. The molecule has 1 saturated heterocycles. The second kappa shape index (κ2) is 9.05. The fraction of sp³-hybridized carbons (Fsp3) is 0.450. The first-order chi connectivity index (χ1) is 12.6. The van der Waals surface area contributed by atoms with Crippen LogP contribution in [0.15, 0.2) is 36.5 Å². The van der Waals surface area contributed by atoms with Gasteiger partial charge >= 0.3 is 0 Å². The zero-order valence-corrected chi connectivity index (χ0v) is 15.9. The average Bonchev–Trinajstić information content (AvgIpc) is 3.09. The number of hydrogen-bond donors (Lipinski definition) is 1. The molecular weight excluding hydrogens is 346 g/mol. The van der Waals surface area contributed by atoms with Crippen molar-refractivity contribution < 1.29 is 9.59 Å². The van der Waals surface area contributed by atoms with E-state index in [1.54, 1.807) is 12.1 Å². The maximum absolute atomic E-state index is 12.1. The van der Waals surface area contributed by atoms with Crippen LogP contribution in [0.25, 0.3) is 0 Å². The molecule has 1 aliphatic rings. The van der Waals surface area contributed by atoms with Gasteiger partial charge in [0.2, 0.25) is 5.91 Å². The molecular formula is C20H25N3O2S. The number of nitrogens with one attached hydrogen (secondary N) is 1. The Balaban J connectivity index is 1.46. The summed E-state index contributed by atoms with van der Waals surface area (Å²) in [6, 6.07) is 9.67. The van der Waals surface area contributed by atoms with Crippen LogP contribution >= 0.6 is 11.3 Å². The Morgan fingerprint density at radius 1 is 1.23 bits per heavy atom. The Hall–Kier alpha value is -2.05. The number of amides is 1. The van der Waals surface area contributed by atoms with Gasteiger partial charge in [-0.2, -0.15) is 0 Å². The lowest BCUT2D eigenvalue weighted by atomic mass is 10.0. The molecule has 5 nitrogen and oxygen atoms in total. The Kier molecular flexibility index (Phi) is 6.52. The lowest BCUT2D eigenvalue weighted by molar-refractivity contribution is -0.116. The largest absolute Gasteiger partial charge is 0.302 e. The van der Waals surface area contributed by atoms with Gasteiger partial charge in [-0.3, -0.25) is 14.5 Å². The van der Waals surface area contributed by atoms with E-state index in [4.69, 9.17) is 0 Å². The van der Waals surface area contributed by atoms with Gasteiger partial charge in [-0.1, -0.05) is 36.8 Å². The van der Waals surface area contributed by atoms with E-state index in [1.807, 2.05) is 24.4 Å². The van der Waals surface area contributed by atoms with Gasteiger partial charge in [-0.25, -0.2) is 4.98 Å². The molecule has 0 bridgehead atoms. The van der Waals surface area contributed by atoms with Crippen LogP contribution in [0.3, 0.4) is 0 Å².